The summed E-state index contributed by atoms with van der Waals surface area (Å²) in [7, 11) is 1.55. The maximum Gasteiger partial charge on any atom is 0.407 e. The Morgan fingerprint density at radius 2 is 2.06 bits per heavy atom. The van der Waals surface area contributed by atoms with Gasteiger partial charge in [0.1, 0.15) is 5.75 Å². The van der Waals surface area contributed by atoms with Crippen molar-refractivity contribution in [2.75, 3.05) is 20.2 Å². The summed E-state index contributed by atoms with van der Waals surface area (Å²) in [5.74, 6) is 0.818. The molecule has 0 aliphatic rings. The van der Waals surface area contributed by atoms with Crippen molar-refractivity contribution < 1.29 is 14.6 Å². The zero-order valence-electron chi connectivity index (χ0n) is 9.02. The second-order valence-electron chi connectivity index (χ2n) is 3.36. The molecule has 1 N–H and O–H groups in total. The largest absolute Gasteiger partial charge is 0.494 e. The first kappa shape index (κ1) is 13.1. The monoisotopic (exact) mass is 335 g/mol. The maximum absolute atomic E-state index is 10.5. The molecule has 0 aliphatic heterocycles. The van der Waals surface area contributed by atoms with Gasteiger partial charge in [0.05, 0.1) is 6.61 Å². The van der Waals surface area contributed by atoms with Crippen LogP contribution in [-0.2, 0) is 0 Å². The molecule has 4 nitrogen and oxygen atoms in total. The third-order valence-corrected chi connectivity index (χ3v) is 2.77. The van der Waals surface area contributed by atoms with Gasteiger partial charge in [-0.05, 0) is 53.3 Å². The van der Waals surface area contributed by atoms with Gasteiger partial charge in [0, 0.05) is 17.2 Å². The zero-order chi connectivity index (χ0) is 12.0. The number of halogens is 1. The van der Waals surface area contributed by atoms with Crippen molar-refractivity contribution in [1.29, 1.82) is 0 Å². The lowest BCUT2D eigenvalue weighted by Crippen LogP contribution is -2.26. The van der Waals surface area contributed by atoms with E-state index in [0.29, 0.717) is 19.6 Å². The van der Waals surface area contributed by atoms with Gasteiger partial charge >= 0.3 is 6.09 Å². The van der Waals surface area contributed by atoms with Crippen LogP contribution >= 0.6 is 22.6 Å². The van der Waals surface area contributed by atoms with Crippen LogP contribution in [0.4, 0.5) is 4.79 Å². The average Bonchev–Trinajstić information content (AvgIpc) is 2.26. The lowest BCUT2D eigenvalue weighted by atomic mass is 10.3. The van der Waals surface area contributed by atoms with Crippen LogP contribution in [0.5, 0.6) is 5.75 Å². The molecule has 1 rings (SSSR count). The molecular formula is C11H14INO3. The van der Waals surface area contributed by atoms with Crippen LogP contribution in [0.25, 0.3) is 0 Å². The fourth-order valence-corrected chi connectivity index (χ4v) is 1.48. The highest BCUT2D eigenvalue weighted by atomic mass is 127. The quantitative estimate of drug-likeness (QED) is 0.665. The molecular weight excluding hydrogens is 321 g/mol. The van der Waals surface area contributed by atoms with Gasteiger partial charge in [-0.2, -0.15) is 0 Å². The highest BCUT2D eigenvalue weighted by molar-refractivity contribution is 14.1. The van der Waals surface area contributed by atoms with Gasteiger partial charge in [-0.15, -0.1) is 0 Å². The first-order chi connectivity index (χ1) is 7.59. The van der Waals surface area contributed by atoms with Gasteiger partial charge in [-0.1, -0.05) is 0 Å². The Balaban J connectivity index is 2.21. The maximum atomic E-state index is 10.5. The van der Waals surface area contributed by atoms with Crippen molar-refractivity contribution in [3.8, 4) is 5.75 Å². The van der Waals surface area contributed by atoms with Gasteiger partial charge < -0.3 is 14.7 Å². The summed E-state index contributed by atoms with van der Waals surface area (Å²) in [6, 6.07) is 7.75. The lowest BCUT2D eigenvalue weighted by Gasteiger charge is -2.12. The minimum atomic E-state index is -0.908. The number of benzene rings is 1. The Morgan fingerprint density at radius 3 is 2.62 bits per heavy atom. The van der Waals surface area contributed by atoms with E-state index in [1.807, 2.05) is 24.3 Å². The summed E-state index contributed by atoms with van der Waals surface area (Å²) >= 11 is 2.23. The van der Waals surface area contributed by atoms with Crippen LogP contribution in [0.15, 0.2) is 24.3 Å². The second-order valence-corrected chi connectivity index (χ2v) is 4.61. The van der Waals surface area contributed by atoms with Crippen LogP contribution in [0.2, 0.25) is 0 Å². The molecule has 5 heteroatoms. The first-order valence-electron chi connectivity index (χ1n) is 4.92. The van der Waals surface area contributed by atoms with E-state index >= 15 is 0 Å². The number of carboxylic acid groups (broad SMARTS) is 1. The zero-order valence-corrected chi connectivity index (χ0v) is 11.2. The van der Waals surface area contributed by atoms with Crippen LogP contribution < -0.4 is 4.74 Å². The summed E-state index contributed by atoms with van der Waals surface area (Å²) in [5.41, 5.74) is 0. The first-order valence-corrected chi connectivity index (χ1v) is 6.00. The fourth-order valence-electron chi connectivity index (χ4n) is 1.12. The Hall–Kier alpha value is -0.980. The molecule has 0 aromatic heterocycles. The summed E-state index contributed by atoms with van der Waals surface area (Å²) in [6.45, 7) is 1.01. The number of amides is 1. The van der Waals surface area contributed by atoms with Gasteiger partial charge in [0.25, 0.3) is 0 Å². The Bertz CT molecular complexity index is 340. The van der Waals surface area contributed by atoms with Gasteiger partial charge in [-0.3, -0.25) is 0 Å². The van der Waals surface area contributed by atoms with Crippen molar-refractivity contribution in [3.63, 3.8) is 0 Å². The number of carbonyl (C=O) groups is 1. The average molecular weight is 335 g/mol. The number of ether oxygens (including phenoxy) is 1. The molecule has 0 radical (unpaired) electrons. The van der Waals surface area contributed by atoms with Crippen molar-refractivity contribution in [2.24, 2.45) is 0 Å². The van der Waals surface area contributed by atoms with Crippen molar-refractivity contribution in [3.05, 3.63) is 27.8 Å². The Kier molecular flexibility index (Phi) is 5.37. The molecule has 0 bridgehead atoms. The van der Waals surface area contributed by atoms with Gasteiger partial charge in [0.2, 0.25) is 0 Å². The lowest BCUT2D eigenvalue weighted by molar-refractivity contribution is 0.152. The Labute approximate surface area is 108 Å². The minimum Gasteiger partial charge on any atom is -0.494 e. The molecule has 0 unspecified atom stereocenters. The second kappa shape index (κ2) is 6.57. The standard InChI is InChI=1S/C11H14INO3/c1-13(11(14)15)7-2-8-16-10-5-3-9(12)4-6-10/h3-6H,2,7-8H2,1H3,(H,14,15). The van der Waals surface area contributed by atoms with E-state index in [1.54, 1.807) is 7.05 Å². The third-order valence-electron chi connectivity index (χ3n) is 2.05. The number of hydrogen-bond acceptors (Lipinski definition) is 2. The summed E-state index contributed by atoms with van der Waals surface area (Å²) in [4.78, 5) is 11.7. The molecule has 88 valence electrons. The van der Waals surface area contributed by atoms with Gasteiger partial charge in [0.15, 0.2) is 0 Å². The fraction of sp³-hybridized carbons (Fsp3) is 0.364. The van der Waals surface area contributed by atoms with E-state index in [2.05, 4.69) is 22.6 Å². The molecule has 16 heavy (non-hydrogen) atoms. The topological polar surface area (TPSA) is 49.8 Å². The highest BCUT2D eigenvalue weighted by Gasteiger charge is 2.03. The molecule has 1 aromatic rings. The molecule has 0 spiro atoms. The van der Waals surface area contributed by atoms with E-state index in [-0.39, 0.29) is 0 Å². The number of hydrogen-bond donors (Lipinski definition) is 1. The van der Waals surface area contributed by atoms with Gasteiger partial charge in [-0.25, -0.2) is 4.79 Å². The molecule has 0 atom stereocenters. The summed E-state index contributed by atoms with van der Waals surface area (Å²) in [6.07, 6.45) is -0.219. The van der Waals surface area contributed by atoms with Crippen molar-refractivity contribution in [2.45, 2.75) is 6.42 Å². The molecule has 1 amide bonds. The van der Waals surface area contributed by atoms with E-state index in [4.69, 9.17) is 9.84 Å². The van der Waals surface area contributed by atoms with E-state index < -0.39 is 6.09 Å². The van der Waals surface area contributed by atoms with E-state index in [1.165, 1.54) is 4.90 Å². The SMILES string of the molecule is CN(CCCOc1ccc(I)cc1)C(=O)O. The van der Waals surface area contributed by atoms with E-state index in [0.717, 1.165) is 9.32 Å². The van der Waals surface area contributed by atoms with Crippen LogP contribution in [0.3, 0.4) is 0 Å². The van der Waals surface area contributed by atoms with Crippen LogP contribution in [0, 0.1) is 3.57 Å². The highest BCUT2D eigenvalue weighted by Crippen LogP contribution is 2.13. The Morgan fingerprint density at radius 1 is 1.44 bits per heavy atom. The van der Waals surface area contributed by atoms with Crippen LogP contribution in [0.1, 0.15) is 6.42 Å². The van der Waals surface area contributed by atoms with Crippen LogP contribution in [-0.4, -0.2) is 36.3 Å². The predicted octanol–water partition coefficient (Wildman–Crippen LogP) is 2.67. The molecule has 0 fully saturated rings. The summed E-state index contributed by atoms with van der Waals surface area (Å²) in [5, 5.41) is 8.61. The third kappa shape index (κ3) is 4.69. The normalized spacial score (nSPS) is 9.88. The summed E-state index contributed by atoms with van der Waals surface area (Å²) < 4.78 is 6.63. The van der Waals surface area contributed by atoms with Crippen molar-refractivity contribution >= 4 is 28.7 Å². The number of rotatable bonds is 5. The molecule has 0 heterocycles. The molecule has 0 saturated heterocycles. The van der Waals surface area contributed by atoms with Crippen molar-refractivity contribution in [1.82, 2.24) is 4.90 Å². The van der Waals surface area contributed by atoms with E-state index in [9.17, 15) is 4.79 Å². The molecule has 0 saturated carbocycles. The minimum absolute atomic E-state index is 0.486. The molecule has 0 aliphatic carbocycles. The number of nitrogens with zero attached hydrogens (tertiary/aromatic N) is 1. The smallest absolute Gasteiger partial charge is 0.407 e. The molecule has 1 aromatic carbocycles. The predicted molar refractivity (Wildman–Crippen MR) is 69.9 cm³/mol.